The van der Waals surface area contributed by atoms with Crippen molar-refractivity contribution in [2.75, 3.05) is 25.4 Å². The molecule has 1 atom stereocenters. The van der Waals surface area contributed by atoms with Crippen LogP contribution >= 0.6 is 0 Å². The third-order valence-corrected chi connectivity index (χ3v) is 7.64. The Labute approximate surface area is 215 Å². The summed E-state index contributed by atoms with van der Waals surface area (Å²) < 4.78 is 23.0. The highest BCUT2D eigenvalue weighted by Gasteiger charge is 2.32. The molecule has 37 heavy (non-hydrogen) atoms. The molecular weight excluding hydrogens is 469 g/mol. The second-order valence-electron chi connectivity index (χ2n) is 10.1. The largest absolute Gasteiger partial charge is 0.457 e. The van der Waals surface area contributed by atoms with Crippen molar-refractivity contribution in [3.05, 3.63) is 66.5 Å². The van der Waals surface area contributed by atoms with E-state index < -0.39 is 5.82 Å². The normalized spacial score (nSPS) is 22.8. The predicted molar refractivity (Wildman–Crippen MR) is 141 cm³/mol. The molecule has 0 amide bonds. The molecule has 4 aromatic rings. The van der Waals surface area contributed by atoms with Gasteiger partial charge >= 0.3 is 0 Å². The van der Waals surface area contributed by atoms with Crippen LogP contribution in [-0.2, 0) is 0 Å². The van der Waals surface area contributed by atoms with Crippen molar-refractivity contribution < 1.29 is 9.13 Å². The van der Waals surface area contributed by atoms with Gasteiger partial charge in [-0.25, -0.2) is 18.9 Å². The number of nitrogens with zero attached hydrogens (tertiary/aromatic N) is 5. The molecule has 2 aliphatic rings. The molecule has 1 saturated carbocycles. The minimum Gasteiger partial charge on any atom is -0.457 e. The molecule has 8 nitrogen and oxygen atoms in total. The number of ether oxygens (including phenoxy) is 1. The molecule has 3 heterocycles. The van der Waals surface area contributed by atoms with Gasteiger partial charge in [-0.2, -0.15) is 5.10 Å². The Morgan fingerprint density at radius 3 is 2.62 bits per heavy atom. The lowest BCUT2D eigenvalue weighted by molar-refractivity contribution is 0.114. The summed E-state index contributed by atoms with van der Waals surface area (Å²) >= 11 is 0. The Kier molecular flexibility index (Phi) is 6.48. The molecule has 2 fully saturated rings. The first kappa shape index (κ1) is 23.8. The van der Waals surface area contributed by atoms with E-state index in [4.69, 9.17) is 15.5 Å². The SMILES string of the molecule is C[C@H]1CN([C@H]2CC[C@@H](c3nc(-c4ccc(Oc5ccccc5)cc4F)c4c(N)ncnn43)CC2)CCN1. The summed E-state index contributed by atoms with van der Waals surface area (Å²) in [6.45, 7) is 5.49. The number of fused-ring (bicyclic) bond motifs is 1. The van der Waals surface area contributed by atoms with Crippen LogP contribution in [0.4, 0.5) is 10.2 Å². The van der Waals surface area contributed by atoms with Crippen LogP contribution in [0.15, 0.2) is 54.9 Å². The minimum atomic E-state index is -0.431. The first-order chi connectivity index (χ1) is 18.1. The van der Waals surface area contributed by atoms with Crippen molar-refractivity contribution in [1.82, 2.24) is 29.8 Å². The van der Waals surface area contributed by atoms with E-state index >= 15 is 4.39 Å². The molecule has 1 aliphatic carbocycles. The van der Waals surface area contributed by atoms with Gasteiger partial charge in [0.1, 0.15) is 40.7 Å². The van der Waals surface area contributed by atoms with E-state index in [9.17, 15) is 0 Å². The van der Waals surface area contributed by atoms with Gasteiger partial charge in [-0.3, -0.25) is 4.90 Å². The molecule has 6 rings (SSSR count). The van der Waals surface area contributed by atoms with Crippen molar-refractivity contribution in [1.29, 1.82) is 0 Å². The van der Waals surface area contributed by atoms with E-state index in [-0.39, 0.29) is 11.7 Å². The molecule has 192 valence electrons. The van der Waals surface area contributed by atoms with Gasteiger partial charge in [0.15, 0.2) is 5.82 Å². The number of nitrogens with one attached hydrogen (secondary N) is 1. The molecule has 0 spiro atoms. The Balaban J connectivity index is 1.28. The van der Waals surface area contributed by atoms with Crippen LogP contribution in [0.5, 0.6) is 11.5 Å². The molecule has 1 saturated heterocycles. The first-order valence-corrected chi connectivity index (χ1v) is 13.1. The smallest absolute Gasteiger partial charge is 0.153 e. The molecule has 1 aliphatic heterocycles. The number of halogens is 1. The quantitative estimate of drug-likeness (QED) is 0.412. The monoisotopic (exact) mass is 501 g/mol. The lowest BCUT2D eigenvalue weighted by Crippen LogP contribution is -2.53. The van der Waals surface area contributed by atoms with Crippen LogP contribution < -0.4 is 15.8 Å². The fourth-order valence-corrected chi connectivity index (χ4v) is 5.80. The van der Waals surface area contributed by atoms with Gasteiger partial charge in [0.2, 0.25) is 0 Å². The van der Waals surface area contributed by atoms with Crippen molar-refractivity contribution in [2.24, 2.45) is 0 Å². The van der Waals surface area contributed by atoms with Crippen LogP contribution in [-0.4, -0.2) is 56.2 Å². The second kappa shape index (κ2) is 10.1. The molecule has 2 aromatic carbocycles. The number of aromatic nitrogens is 4. The molecular formula is C28H32FN7O. The van der Waals surface area contributed by atoms with E-state index in [1.165, 1.54) is 12.4 Å². The van der Waals surface area contributed by atoms with E-state index in [0.717, 1.165) is 51.1 Å². The van der Waals surface area contributed by atoms with Gasteiger partial charge in [-0.1, -0.05) is 18.2 Å². The average molecular weight is 502 g/mol. The number of hydrogen-bond donors (Lipinski definition) is 2. The highest BCUT2D eigenvalue weighted by molar-refractivity contribution is 5.85. The van der Waals surface area contributed by atoms with Crippen molar-refractivity contribution in [3.8, 4) is 22.8 Å². The average Bonchev–Trinajstić information content (AvgIpc) is 3.30. The van der Waals surface area contributed by atoms with Crippen LogP contribution in [0.2, 0.25) is 0 Å². The zero-order valence-electron chi connectivity index (χ0n) is 21.0. The Morgan fingerprint density at radius 1 is 1.05 bits per heavy atom. The maximum atomic E-state index is 15.4. The van der Waals surface area contributed by atoms with Gasteiger partial charge < -0.3 is 15.8 Å². The minimum absolute atomic E-state index is 0.232. The number of imidazole rings is 1. The summed E-state index contributed by atoms with van der Waals surface area (Å²) in [5.41, 5.74) is 7.65. The fourth-order valence-electron chi connectivity index (χ4n) is 5.80. The van der Waals surface area contributed by atoms with Gasteiger partial charge in [0, 0.05) is 49.3 Å². The lowest BCUT2D eigenvalue weighted by atomic mass is 9.84. The molecule has 0 radical (unpaired) electrons. The summed E-state index contributed by atoms with van der Waals surface area (Å²) in [6.07, 6.45) is 5.69. The number of hydrogen-bond acceptors (Lipinski definition) is 7. The fraction of sp³-hybridized carbons (Fsp3) is 0.393. The standard InChI is InChI=1S/C28H32FN7O/c1-18-16-35(14-13-31-18)20-9-7-19(8-10-20)28-34-25(26-27(30)32-17-33-36(26)28)23-12-11-22(15-24(23)29)37-21-5-3-2-4-6-21/h2-6,11-12,15,17-20,31H,7-10,13-14,16H2,1H3,(H2,30,32,33)/t18-,19-,20+/m0/s1. The summed E-state index contributed by atoms with van der Waals surface area (Å²) in [6, 6.07) is 15.3. The molecule has 0 unspecified atom stereocenters. The van der Waals surface area contributed by atoms with Crippen molar-refractivity contribution >= 4 is 11.3 Å². The predicted octanol–water partition coefficient (Wildman–Crippen LogP) is 4.62. The summed E-state index contributed by atoms with van der Waals surface area (Å²) in [5.74, 6) is 1.98. The lowest BCUT2D eigenvalue weighted by Gasteiger charge is -2.40. The molecule has 3 N–H and O–H groups in total. The number of anilines is 1. The molecule has 2 aromatic heterocycles. The Morgan fingerprint density at radius 2 is 1.86 bits per heavy atom. The zero-order chi connectivity index (χ0) is 25.4. The molecule has 0 bridgehead atoms. The van der Waals surface area contributed by atoms with E-state index in [1.807, 2.05) is 30.3 Å². The number of benzene rings is 2. The number of para-hydroxylation sites is 1. The Bertz CT molecular complexity index is 1380. The van der Waals surface area contributed by atoms with Crippen molar-refractivity contribution in [3.63, 3.8) is 0 Å². The number of nitrogen functional groups attached to an aromatic ring is 1. The van der Waals surface area contributed by atoms with Crippen LogP contribution in [0.3, 0.4) is 0 Å². The van der Waals surface area contributed by atoms with Crippen LogP contribution in [0.25, 0.3) is 16.8 Å². The third kappa shape index (κ3) is 4.76. The maximum absolute atomic E-state index is 15.4. The third-order valence-electron chi connectivity index (χ3n) is 7.64. The first-order valence-electron chi connectivity index (χ1n) is 13.1. The van der Waals surface area contributed by atoms with E-state index in [1.54, 1.807) is 16.6 Å². The van der Waals surface area contributed by atoms with Gasteiger partial charge in [0.25, 0.3) is 0 Å². The van der Waals surface area contributed by atoms with Crippen LogP contribution in [0.1, 0.15) is 44.3 Å². The number of nitrogens with two attached hydrogens (primary N) is 1. The van der Waals surface area contributed by atoms with E-state index in [0.29, 0.717) is 40.4 Å². The second-order valence-corrected chi connectivity index (χ2v) is 10.1. The van der Waals surface area contributed by atoms with Gasteiger partial charge in [-0.05, 0) is 56.9 Å². The van der Waals surface area contributed by atoms with E-state index in [2.05, 4.69) is 27.2 Å². The highest BCUT2D eigenvalue weighted by atomic mass is 19.1. The van der Waals surface area contributed by atoms with Crippen molar-refractivity contribution in [2.45, 2.75) is 50.6 Å². The highest BCUT2D eigenvalue weighted by Crippen LogP contribution is 2.39. The topological polar surface area (TPSA) is 93.6 Å². The van der Waals surface area contributed by atoms with Gasteiger partial charge in [-0.15, -0.1) is 0 Å². The molecule has 9 heteroatoms. The van der Waals surface area contributed by atoms with Crippen LogP contribution in [0, 0.1) is 5.82 Å². The maximum Gasteiger partial charge on any atom is 0.153 e. The van der Waals surface area contributed by atoms with Gasteiger partial charge in [0.05, 0.1) is 0 Å². The summed E-state index contributed by atoms with van der Waals surface area (Å²) in [7, 11) is 0. The zero-order valence-corrected chi connectivity index (χ0v) is 21.0. The number of rotatable bonds is 5. The summed E-state index contributed by atoms with van der Waals surface area (Å²) in [4.78, 5) is 11.8. The Hall–Kier alpha value is -3.56. The summed E-state index contributed by atoms with van der Waals surface area (Å²) in [5, 5.41) is 8.01. The number of piperazine rings is 1.